The van der Waals surface area contributed by atoms with Gasteiger partial charge in [-0.2, -0.15) is 0 Å². The molecule has 1 rings (SSSR count). The Morgan fingerprint density at radius 3 is 2.25 bits per heavy atom. The molecule has 0 saturated heterocycles. The summed E-state index contributed by atoms with van der Waals surface area (Å²) < 4.78 is 0. The summed E-state index contributed by atoms with van der Waals surface area (Å²) in [5, 5.41) is -0.150. The highest BCUT2D eigenvalue weighted by molar-refractivity contribution is 6.64. The van der Waals surface area contributed by atoms with Gasteiger partial charge >= 0.3 is 0 Å². The van der Waals surface area contributed by atoms with Gasteiger partial charge in [0.2, 0.25) is 5.24 Å². The van der Waals surface area contributed by atoms with Crippen molar-refractivity contribution in [3.63, 3.8) is 0 Å². The van der Waals surface area contributed by atoms with Crippen molar-refractivity contribution in [2.75, 3.05) is 0 Å². The van der Waals surface area contributed by atoms with E-state index >= 15 is 0 Å². The van der Waals surface area contributed by atoms with Gasteiger partial charge in [0.15, 0.2) is 0 Å². The van der Waals surface area contributed by atoms with Crippen LogP contribution in [0.1, 0.15) is 19.8 Å². The molecular formula is C6H9ClO. The molecule has 0 amide bonds. The van der Waals surface area contributed by atoms with Crippen LogP contribution in [0.2, 0.25) is 0 Å². The molecule has 0 aromatic heterocycles. The molecule has 0 aromatic carbocycles. The lowest BCUT2D eigenvalue weighted by molar-refractivity contribution is -0.118. The van der Waals surface area contributed by atoms with Crippen molar-refractivity contribution in [2.45, 2.75) is 19.8 Å². The standard InChI is InChI=1S/C6H9ClO/c1-4-2-5(3-4)6(7)8/h4-5H,2-3H2,1H3. The van der Waals surface area contributed by atoms with E-state index in [1.807, 2.05) is 0 Å². The van der Waals surface area contributed by atoms with Crippen molar-refractivity contribution < 1.29 is 4.79 Å². The van der Waals surface area contributed by atoms with E-state index in [1.54, 1.807) is 0 Å². The molecule has 1 nitrogen and oxygen atoms in total. The Balaban J connectivity index is 2.25. The van der Waals surface area contributed by atoms with Crippen LogP contribution in [0.4, 0.5) is 0 Å². The fourth-order valence-electron chi connectivity index (χ4n) is 1.09. The van der Waals surface area contributed by atoms with Gasteiger partial charge in [-0.25, -0.2) is 0 Å². The minimum absolute atomic E-state index is 0.150. The molecule has 0 unspecified atom stereocenters. The summed E-state index contributed by atoms with van der Waals surface area (Å²) in [7, 11) is 0. The monoisotopic (exact) mass is 132 g/mol. The zero-order chi connectivity index (χ0) is 6.15. The van der Waals surface area contributed by atoms with E-state index in [2.05, 4.69) is 6.92 Å². The van der Waals surface area contributed by atoms with E-state index in [9.17, 15) is 4.79 Å². The predicted molar refractivity (Wildman–Crippen MR) is 32.7 cm³/mol. The second-order valence-corrected chi connectivity index (χ2v) is 2.95. The van der Waals surface area contributed by atoms with Crippen molar-refractivity contribution in [1.82, 2.24) is 0 Å². The fourth-order valence-corrected chi connectivity index (χ4v) is 1.27. The molecule has 0 bridgehead atoms. The molecule has 0 spiro atoms. The Kier molecular flexibility index (Phi) is 1.57. The van der Waals surface area contributed by atoms with Gasteiger partial charge in [0.05, 0.1) is 0 Å². The van der Waals surface area contributed by atoms with Crippen LogP contribution in [-0.4, -0.2) is 5.24 Å². The Labute approximate surface area is 54.0 Å². The summed E-state index contributed by atoms with van der Waals surface area (Å²) in [5.41, 5.74) is 0. The third-order valence-corrected chi connectivity index (χ3v) is 2.00. The first kappa shape index (κ1) is 6.09. The Morgan fingerprint density at radius 1 is 1.62 bits per heavy atom. The molecule has 0 radical (unpaired) electrons. The molecule has 1 saturated carbocycles. The summed E-state index contributed by atoms with van der Waals surface area (Å²) in [6, 6.07) is 0. The van der Waals surface area contributed by atoms with E-state index in [1.165, 1.54) is 0 Å². The van der Waals surface area contributed by atoms with Crippen molar-refractivity contribution in [3.8, 4) is 0 Å². The highest BCUT2D eigenvalue weighted by atomic mass is 35.5. The molecule has 46 valence electrons. The third kappa shape index (κ3) is 1.03. The highest BCUT2D eigenvalue weighted by Crippen LogP contribution is 2.34. The zero-order valence-electron chi connectivity index (χ0n) is 4.86. The van der Waals surface area contributed by atoms with Crippen LogP contribution in [0.3, 0.4) is 0 Å². The van der Waals surface area contributed by atoms with Crippen molar-refractivity contribution in [2.24, 2.45) is 11.8 Å². The maximum Gasteiger partial charge on any atom is 0.224 e. The van der Waals surface area contributed by atoms with Crippen LogP contribution in [0.5, 0.6) is 0 Å². The SMILES string of the molecule is CC1CC(C(=O)Cl)C1. The molecule has 1 fully saturated rings. The average Bonchev–Trinajstić information content (AvgIpc) is 1.57. The molecule has 1 aliphatic carbocycles. The molecule has 0 heterocycles. The minimum Gasteiger partial charge on any atom is -0.281 e. The Hall–Kier alpha value is -0.0400. The predicted octanol–water partition coefficient (Wildman–Crippen LogP) is 1.80. The number of carbonyl (C=O) groups excluding carboxylic acids is 1. The minimum atomic E-state index is -0.150. The summed E-state index contributed by atoms with van der Waals surface area (Å²) >= 11 is 5.21. The summed E-state index contributed by atoms with van der Waals surface area (Å²) in [6.07, 6.45) is 2.00. The average molecular weight is 133 g/mol. The number of rotatable bonds is 1. The van der Waals surface area contributed by atoms with E-state index in [0.29, 0.717) is 0 Å². The van der Waals surface area contributed by atoms with Crippen molar-refractivity contribution in [3.05, 3.63) is 0 Å². The maximum absolute atomic E-state index is 10.3. The second-order valence-electron chi connectivity index (χ2n) is 2.58. The largest absolute Gasteiger partial charge is 0.281 e. The van der Waals surface area contributed by atoms with Crippen molar-refractivity contribution in [1.29, 1.82) is 0 Å². The zero-order valence-corrected chi connectivity index (χ0v) is 5.61. The fraction of sp³-hybridized carbons (Fsp3) is 0.833. The van der Waals surface area contributed by atoms with E-state index in [-0.39, 0.29) is 11.2 Å². The van der Waals surface area contributed by atoms with E-state index < -0.39 is 0 Å². The first-order valence-corrected chi connectivity index (χ1v) is 3.27. The van der Waals surface area contributed by atoms with E-state index in [0.717, 1.165) is 18.8 Å². The first-order valence-electron chi connectivity index (χ1n) is 2.89. The van der Waals surface area contributed by atoms with Gasteiger partial charge in [0.25, 0.3) is 0 Å². The van der Waals surface area contributed by atoms with Crippen molar-refractivity contribution >= 4 is 16.8 Å². The summed E-state index contributed by atoms with van der Waals surface area (Å²) in [4.78, 5) is 10.3. The topological polar surface area (TPSA) is 17.1 Å². The molecule has 1 aliphatic rings. The van der Waals surface area contributed by atoms with Gasteiger partial charge in [0, 0.05) is 5.92 Å². The molecule has 0 atom stereocenters. The lowest BCUT2D eigenvalue weighted by Gasteiger charge is -2.28. The van der Waals surface area contributed by atoms with Crippen LogP contribution in [0.25, 0.3) is 0 Å². The molecule has 0 aromatic rings. The van der Waals surface area contributed by atoms with Crippen LogP contribution >= 0.6 is 11.6 Å². The maximum atomic E-state index is 10.3. The van der Waals surface area contributed by atoms with Gasteiger partial charge in [-0.3, -0.25) is 4.79 Å². The molecular weight excluding hydrogens is 124 g/mol. The van der Waals surface area contributed by atoms with Gasteiger partial charge in [0.1, 0.15) is 0 Å². The Bertz CT molecular complexity index is 105. The smallest absolute Gasteiger partial charge is 0.224 e. The second kappa shape index (κ2) is 2.06. The summed E-state index contributed by atoms with van der Waals surface area (Å²) in [6.45, 7) is 2.14. The number of halogens is 1. The quantitative estimate of drug-likeness (QED) is 0.498. The van der Waals surface area contributed by atoms with Crippen LogP contribution < -0.4 is 0 Å². The normalized spacial score (nSPS) is 36.2. The van der Waals surface area contributed by atoms with Gasteiger partial charge in [-0.15, -0.1) is 0 Å². The lowest BCUT2D eigenvalue weighted by atomic mass is 9.77. The Morgan fingerprint density at radius 2 is 2.12 bits per heavy atom. The van der Waals surface area contributed by atoms with Gasteiger partial charge in [-0.1, -0.05) is 6.92 Å². The molecule has 0 N–H and O–H groups in total. The summed E-state index contributed by atoms with van der Waals surface area (Å²) in [5.74, 6) is 0.911. The number of hydrogen-bond acceptors (Lipinski definition) is 1. The third-order valence-electron chi connectivity index (χ3n) is 1.69. The van der Waals surface area contributed by atoms with Crippen LogP contribution in [0.15, 0.2) is 0 Å². The molecule has 8 heavy (non-hydrogen) atoms. The van der Waals surface area contributed by atoms with E-state index in [4.69, 9.17) is 11.6 Å². The lowest BCUT2D eigenvalue weighted by Crippen LogP contribution is -2.25. The molecule has 0 aliphatic heterocycles. The van der Waals surface area contributed by atoms with Gasteiger partial charge in [-0.05, 0) is 30.4 Å². The first-order chi connectivity index (χ1) is 3.70. The van der Waals surface area contributed by atoms with Crippen LogP contribution in [0, 0.1) is 11.8 Å². The highest BCUT2D eigenvalue weighted by Gasteiger charge is 2.29. The molecule has 2 heteroatoms. The van der Waals surface area contributed by atoms with Gasteiger partial charge < -0.3 is 0 Å². The van der Waals surface area contributed by atoms with Crippen LogP contribution in [-0.2, 0) is 4.79 Å². The number of hydrogen-bond donors (Lipinski definition) is 0. The number of carbonyl (C=O) groups is 1.